The van der Waals surface area contributed by atoms with Crippen LogP contribution in [0, 0.1) is 6.92 Å². The highest BCUT2D eigenvalue weighted by atomic mass is 16.5. The second-order valence-corrected chi connectivity index (χ2v) is 6.90. The normalized spacial score (nSPS) is 16.1. The molecule has 28 heavy (non-hydrogen) atoms. The predicted octanol–water partition coefficient (Wildman–Crippen LogP) is 2.45. The zero-order chi connectivity index (χ0) is 20.3. The van der Waals surface area contributed by atoms with Crippen molar-refractivity contribution in [2.75, 3.05) is 27.4 Å². The smallest absolute Gasteiger partial charge is 0.261 e. The Labute approximate surface area is 164 Å². The number of pyridine rings is 1. The van der Waals surface area contributed by atoms with E-state index in [0.29, 0.717) is 18.0 Å². The molecule has 1 fully saturated rings. The van der Waals surface area contributed by atoms with E-state index in [9.17, 15) is 9.59 Å². The molecule has 3 rings (SSSR count). The lowest BCUT2D eigenvalue weighted by Crippen LogP contribution is -2.35. The van der Waals surface area contributed by atoms with E-state index in [-0.39, 0.29) is 29.7 Å². The van der Waals surface area contributed by atoms with Crippen molar-refractivity contribution in [3.8, 4) is 17.2 Å². The number of ether oxygens (including phenoxy) is 3. The molecule has 1 aliphatic rings. The predicted molar refractivity (Wildman–Crippen MR) is 105 cm³/mol. The lowest BCUT2D eigenvalue weighted by molar-refractivity contribution is -0.134. The van der Waals surface area contributed by atoms with Gasteiger partial charge in [-0.25, -0.2) is 0 Å². The van der Waals surface area contributed by atoms with Crippen molar-refractivity contribution >= 4 is 5.91 Å². The Balaban J connectivity index is 1.75. The molecular weight excluding hydrogens is 360 g/mol. The van der Waals surface area contributed by atoms with Crippen LogP contribution in [-0.4, -0.2) is 42.7 Å². The van der Waals surface area contributed by atoms with Gasteiger partial charge in [0.15, 0.2) is 12.4 Å². The molecule has 7 heteroatoms. The van der Waals surface area contributed by atoms with Crippen LogP contribution in [0.25, 0.3) is 0 Å². The Hall–Kier alpha value is -2.96. The van der Waals surface area contributed by atoms with Gasteiger partial charge in [0, 0.05) is 43.2 Å². The second kappa shape index (κ2) is 8.37. The van der Waals surface area contributed by atoms with Crippen molar-refractivity contribution in [3.05, 3.63) is 51.9 Å². The van der Waals surface area contributed by atoms with Crippen LogP contribution in [0.3, 0.4) is 0 Å². The number of methoxy groups -OCH3 is 2. The molecule has 1 atom stereocenters. The van der Waals surface area contributed by atoms with Crippen LogP contribution >= 0.6 is 0 Å². The molecule has 0 spiro atoms. The largest absolute Gasteiger partial charge is 0.497 e. The van der Waals surface area contributed by atoms with Crippen LogP contribution in [0.15, 0.2) is 35.3 Å². The molecule has 0 aliphatic carbocycles. The van der Waals surface area contributed by atoms with Gasteiger partial charge in [-0.1, -0.05) is 0 Å². The molecule has 150 valence electrons. The van der Waals surface area contributed by atoms with Gasteiger partial charge >= 0.3 is 0 Å². The Morgan fingerprint density at radius 1 is 1.18 bits per heavy atom. The monoisotopic (exact) mass is 386 g/mol. The van der Waals surface area contributed by atoms with Crippen LogP contribution in [0.2, 0.25) is 0 Å². The second-order valence-electron chi connectivity index (χ2n) is 6.90. The van der Waals surface area contributed by atoms with Crippen molar-refractivity contribution in [3.63, 3.8) is 0 Å². The number of carbonyl (C=O) groups excluding carboxylic acids is 1. The van der Waals surface area contributed by atoms with E-state index in [2.05, 4.69) is 0 Å². The van der Waals surface area contributed by atoms with E-state index in [1.807, 2.05) is 32.2 Å². The summed E-state index contributed by atoms with van der Waals surface area (Å²) in [5.74, 6) is 1.43. The molecule has 0 unspecified atom stereocenters. The van der Waals surface area contributed by atoms with E-state index in [1.165, 1.54) is 6.07 Å². The molecule has 1 aromatic heterocycles. The van der Waals surface area contributed by atoms with Crippen molar-refractivity contribution in [2.24, 2.45) is 7.05 Å². The fraction of sp³-hybridized carbons (Fsp3) is 0.429. The Bertz CT molecular complexity index is 921. The number of hydrogen-bond acceptors (Lipinski definition) is 5. The van der Waals surface area contributed by atoms with Gasteiger partial charge < -0.3 is 23.7 Å². The minimum atomic E-state index is -0.224. The summed E-state index contributed by atoms with van der Waals surface area (Å²) in [5, 5.41) is 0. The maximum absolute atomic E-state index is 12.8. The number of hydrogen-bond donors (Lipinski definition) is 0. The topological polar surface area (TPSA) is 70.0 Å². The summed E-state index contributed by atoms with van der Waals surface area (Å²) < 4.78 is 18.1. The van der Waals surface area contributed by atoms with Gasteiger partial charge in [0.05, 0.1) is 20.3 Å². The number of nitrogens with zero attached hydrogens (tertiary/aromatic N) is 2. The van der Waals surface area contributed by atoms with Gasteiger partial charge in [-0.3, -0.25) is 9.59 Å². The maximum Gasteiger partial charge on any atom is 0.261 e. The first-order valence-electron chi connectivity index (χ1n) is 9.26. The van der Waals surface area contributed by atoms with Crippen molar-refractivity contribution in [2.45, 2.75) is 25.8 Å². The summed E-state index contributed by atoms with van der Waals surface area (Å²) in [6.45, 7) is 2.31. The molecule has 1 saturated heterocycles. The number of aryl methyl sites for hydroxylation is 2. The zero-order valence-electron chi connectivity index (χ0n) is 16.7. The van der Waals surface area contributed by atoms with Crippen molar-refractivity contribution in [1.82, 2.24) is 9.47 Å². The number of likely N-dealkylation sites (tertiary alicyclic amines) is 1. The van der Waals surface area contributed by atoms with Gasteiger partial charge in [0.25, 0.3) is 5.91 Å². The highest BCUT2D eigenvalue weighted by molar-refractivity contribution is 5.78. The fourth-order valence-corrected chi connectivity index (χ4v) is 3.52. The molecule has 1 amide bonds. The maximum atomic E-state index is 12.8. The molecule has 0 bridgehead atoms. The first-order valence-corrected chi connectivity index (χ1v) is 9.26. The van der Waals surface area contributed by atoms with Gasteiger partial charge in [-0.05, 0) is 31.9 Å². The van der Waals surface area contributed by atoms with Crippen molar-refractivity contribution in [1.29, 1.82) is 0 Å². The van der Waals surface area contributed by atoms with Crippen LogP contribution < -0.4 is 19.6 Å². The number of amides is 1. The van der Waals surface area contributed by atoms with Crippen LogP contribution in [0.4, 0.5) is 0 Å². The van der Waals surface area contributed by atoms with Crippen LogP contribution in [-0.2, 0) is 11.8 Å². The molecule has 1 aliphatic heterocycles. The van der Waals surface area contributed by atoms with E-state index in [0.717, 1.165) is 24.1 Å². The summed E-state index contributed by atoms with van der Waals surface area (Å²) in [7, 11) is 5.04. The number of rotatable bonds is 6. The van der Waals surface area contributed by atoms with Crippen LogP contribution in [0.5, 0.6) is 17.2 Å². The highest BCUT2D eigenvalue weighted by Crippen LogP contribution is 2.38. The molecule has 0 N–H and O–H groups in total. The minimum Gasteiger partial charge on any atom is -0.497 e. The lowest BCUT2D eigenvalue weighted by Gasteiger charge is -2.26. The molecular formula is C21H26N2O5. The summed E-state index contributed by atoms with van der Waals surface area (Å²) in [6.07, 6.45) is 3.36. The van der Waals surface area contributed by atoms with Gasteiger partial charge in [-0.2, -0.15) is 0 Å². The third-order valence-corrected chi connectivity index (χ3v) is 5.17. The molecule has 7 nitrogen and oxygen atoms in total. The molecule has 0 radical (unpaired) electrons. The quantitative estimate of drug-likeness (QED) is 0.763. The average Bonchev–Trinajstić information content (AvgIpc) is 3.18. The first-order chi connectivity index (χ1) is 13.4. The third-order valence-electron chi connectivity index (χ3n) is 5.17. The Kier molecular flexibility index (Phi) is 5.92. The van der Waals surface area contributed by atoms with Gasteiger partial charge in [0.1, 0.15) is 11.5 Å². The Morgan fingerprint density at radius 2 is 1.96 bits per heavy atom. The van der Waals surface area contributed by atoms with E-state index in [4.69, 9.17) is 14.2 Å². The number of carbonyl (C=O) groups is 1. The summed E-state index contributed by atoms with van der Waals surface area (Å²) in [4.78, 5) is 26.7. The fourth-order valence-electron chi connectivity index (χ4n) is 3.52. The molecule has 0 saturated carbocycles. The molecule has 2 aromatic rings. The standard InChI is InChI=1S/C21H26N2O5/c1-14-10-18(24)20(12-22(14)2)28-13-21(25)23-9-5-6-17(23)16-8-7-15(26-3)11-19(16)27-4/h7-8,10-12,17H,5-6,9,13H2,1-4H3/t17-/m0/s1. The zero-order valence-corrected chi connectivity index (χ0v) is 16.7. The van der Waals surface area contributed by atoms with E-state index < -0.39 is 0 Å². The lowest BCUT2D eigenvalue weighted by atomic mass is 10.0. The summed E-state index contributed by atoms with van der Waals surface area (Å²) in [5.41, 5.74) is 1.55. The minimum absolute atomic E-state index is 0.0854. The SMILES string of the molecule is COc1ccc([C@@H]2CCCN2C(=O)COc2cn(C)c(C)cc2=O)c(OC)c1. The number of aromatic nitrogens is 1. The average molecular weight is 386 g/mol. The van der Waals surface area contributed by atoms with Gasteiger partial charge in [0.2, 0.25) is 5.43 Å². The first kappa shape index (κ1) is 19.8. The molecule has 2 heterocycles. The van der Waals surface area contributed by atoms with Gasteiger partial charge in [-0.15, -0.1) is 0 Å². The van der Waals surface area contributed by atoms with Crippen molar-refractivity contribution < 1.29 is 19.0 Å². The van der Waals surface area contributed by atoms with E-state index in [1.54, 1.807) is 29.9 Å². The summed E-state index contributed by atoms with van der Waals surface area (Å²) in [6, 6.07) is 7.04. The summed E-state index contributed by atoms with van der Waals surface area (Å²) >= 11 is 0. The Morgan fingerprint density at radius 3 is 2.68 bits per heavy atom. The molecule has 1 aromatic carbocycles. The van der Waals surface area contributed by atoms with Crippen LogP contribution in [0.1, 0.15) is 30.1 Å². The third kappa shape index (κ3) is 3.98. The highest BCUT2D eigenvalue weighted by Gasteiger charge is 2.32. The van der Waals surface area contributed by atoms with E-state index >= 15 is 0 Å². The number of benzene rings is 1.